The molecule has 2 fully saturated rings. The molecule has 5 nitrogen and oxygen atoms in total. The molecular formula is C25H27F2N3O2. The van der Waals surface area contributed by atoms with Crippen molar-refractivity contribution in [3.63, 3.8) is 0 Å². The highest BCUT2D eigenvalue weighted by Gasteiger charge is 2.37. The Kier molecular flexibility index (Phi) is 5.67. The van der Waals surface area contributed by atoms with E-state index >= 15 is 0 Å². The van der Waals surface area contributed by atoms with E-state index in [9.17, 15) is 13.6 Å². The van der Waals surface area contributed by atoms with Crippen LogP contribution >= 0.6 is 0 Å². The molecule has 0 unspecified atom stereocenters. The SMILES string of the molecule is O=C(NC1CCC(N2CCC(F)(F)CC2)CC1)c1ccc(-c2nccc3occc23)cc1. The number of fused-ring (bicyclic) bond motifs is 1. The lowest BCUT2D eigenvalue weighted by Gasteiger charge is -2.40. The van der Waals surface area contributed by atoms with Crippen molar-refractivity contribution in [2.24, 2.45) is 0 Å². The second kappa shape index (κ2) is 8.62. The fourth-order valence-electron chi connectivity index (χ4n) is 4.97. The molecule has 3 heterocycles. The van der Waals surface area contributed by atoms with E-state index in [1.165, 1.54) is 0 Å². The van der Waals surface area contributed by atoms with Gasteiger partial charge in [0.15, 0.2) is 0 Å². The summed E-state index contributed by atoms with van der Waals surface area (Å²) in [6.07, 6.45) is 6.93. The van der Waals surface area contributed by atoms with Crippen molar-refractivity contribution in [1.82, 2.24) is 15.2 Å². The van der Waals surface area contributed by atoms with Crippen molar-refractivity contribution >= 4 is 16.9 Å². The Morgan fingerprint density at radius 1 is 1.03 bits per heavy atom. The Balaban J connectivity index is 1.16. The van der Waals surface area contributed by atoms with Crippen molar-refractivity contribution in [3.8, 4) is 11.3 Å². The molecule has 2 aromatic heterocycles. The Labute approximate surface area is 185 Å². The molecule has 1 amide bonds. The number of hydrogen-bond donors (Lipinski definition) is 1. The Hall–Kier alpha value is -2.80. The summed E-state index contributed by atoms with van der Waals surface area (Å²) >= 11 is 0. The number of hydrogen-bond acceptors (Lipinski definition) is 4. The van der Waals surface area contributed by atoms with Crippen molar-refractivity contribution < 1.29 is 18.0 Å². The fraction of sp³-hybridized carbons (Fsp3) is 0.440. The number of halogens is 2. The van der Waals surface area contributed by atoms with Gasteiger partial charge in [-0.1, -0.05) is 12.1 Å². The van der Waals surface area contributed by atoms with Gasteiger partial charge < -0.3 is 9.73 Å². The lowest BCUT2D eigenvalue weighted by Crippen LogP contribution is -2.48. The van der Waals surface area contributed by atoms with Gasteiger partial charge in [-0.25, -0.2) is 8.78 Å². The zero-order valence-corrected chi connectivity index (χ0v) is 17.9. The second-order valence-corrected chi connectivity index (χ2v) is 8.94. The summed E-state index contributed by atoms with van der Waals surface area (Å²) in [6.45, 7) is 0.949. The first-order valence-corrected chi connectivity index (χ1v) is 11.3. The van der Waals surface area contributed by atoms with Crippen LogP contribution in [0.15, 0.2) is 53.3 Å². The number of pyridine rings is 1. The van der Waals surface area contributed by atoms with E-state index in [1.807, 2.05) is 36.4 Å². The number of nitrogens with one attached hydrogen (secondary N) is 1. The van der Waals surface area contributed by atoms with Crippen LogP contribution in [0.4, 0.5) is 8.78 Å². The van der Waals surface area contributed by atoms with Crippen molar-refractivity contribution in [3.05, 3.63) is 54.4 Å². The van der Waals surface area contributed by atoms with E-state index < -0.39 is 5.92 Å². The molecular weight excluding hydrogens is 412 g/mol. The van der Waals surface area contributed by atoms with Gasteiger partial charge in [-0.2, -0.15) is 0 Å². The van der Waals surface area contributed by atoms with Gasteiger partial charge in [0.25, 0.3) is 11.8 Å². The van der Waals surface area contributed by atoms with Gasteiger partial charge >= 0.3 is 0 Å². The van der Waals surface area contributed by atoms with Crippen LogP contribution in [-0.4, -0.2) is 46.9 Å². The van der Waals surface area contributed by atoms with Gasteiger partial charge in [0, 0.05) is 60.7 Å². The molecule has 7 heteroatoms. The summed E-state index contributed by atoms with van der Waals surface area (Å²) in [7, 11) is 0. The predicted molar refractivity (Wildman–Crippen MR) is 119 cm³/mol. The first-order valence-electron chi connectivity index (χ1n) is 11.3. The summed E-state index contributed by atoms with van der Waals surface area (Å²) in [5.74, 6) is -2.58. The van der Waals surface area contributed by atoms with Crippen LogP contribution in [0.2, 0.25) is 0 Å². The zero-order chi connectivity index (χ0) is 22.1. The summed E-state index contributed by atoms with van der Waals surface area (Å²) in [5.41, 5.74) is 3.16. The van der Waals surface area contributed by atoms with E-state index in [-0.39, 0.29) is 24.8 Å². The highest BCUT2D eigenvalue weighted by Crippen LogP contribution is 2.32. The molecule has 168 valence electrons. The molecule has 1 aliphatic carbocycles. The predicted octanol–water partition coefficient (Wildman–Crippen LogP) is 5.27. The van der Waals surface area contributed by atoms with Crippen LogP contribution in [0.25, 0.3) is 22.2 Å². The normalized spacial score (nSPS) is 23.8. The molecule has 0 radical (unpaired) electrons. The minimum absolute atomic E-state index is 0.0374. The molecule has 0 bridgehead atoms. The highest BCUT2D eigenvalue weighted by atomic mass is 19.3. The number of aromatic nitrogens is 1. The molecule has 1 aromatic carbocycles. The summed E-state index contributed by atoms with van der Waals surface area (Å²) in [6, 6.07) is 11.7. The monoisotopic (exact) mass is 439 g/mol. The third kappa shape index (κ3) is 4.39. The highest BCUT2D eigenvalue weighted by molar-refractivity contribution is 5.96. The van der Waals surface area contributed by atoms with E-state index in [2.05, 4.69) is 15.2 Å². The number of nitrogens with zero attached hydrogens (tertiary/aromatic N) is 2. The Morgan fingerprint density at radius 3 is 2.47 bits per heavy atom. The smallest absolute Gasteiger partial charge is 0.251 e. The second-order valence-electron chi connectivity index (χ2n) is 8.94. The number of likely N-dealkylation sites (tertiary alicyclic amines) is 1. The number of rotatable bonds is 4. The molecule has 2 aliphatic rings. The third-order valence-electron chi connectivity index (χ3n) is 6.88. The van der Waals surface area contributed by atoms with Crippen molar-refractivity contribution in [2.75, 3.05) is 13.1 Å². The molecule has 1 saturated carbocycles. The van der Waals surface area contributed by atoms with Gasteiger partial charge in [0.2, 0.25) is 0 Å². The number of benzene rings is 1. The standard InChI is InChI=1S/C25H27F2N3O2/c26-25(27)11-14-30(15-12-25)20-7-5-19(6-8-20)29-24(31)18-3-1-17(2-4-18)23-21-10-16-32-22(21)9-13-28-23/h1-4,9-10,13,16,19-20H,5-8,11-12,14-15H2,(H,29,31). The summed E-state index contributed by atoms with van der Waals surface area (Å²) in [5, 5.41) is 4.09. The number of amides is 1. The summed E-state index contributed by atoms with van der Waals surface area (Å²) < 4.78 is 32.3. The van der Waals surface area contributed by atoms with Crippen LogP contribution in [-0.2, 0) is 0 Å². The topological polar surface area (TPSA) is 58.4 Å². The third-order valence-corrected chi connectivity index (χ3v) is 6.88. The average molecular weight is 440 g/mol. The Morgan fingerprint density at radius 2 is 1.75 bits per heavy atom. The molecule has 3 aromatic rings. The van der Waals surface area contributed by atoms with E-state index in [0.29, 0.717) is 24.7 Å². The van der Waals surface area contributed by atoms with Gasteiger partial charge in [0.1, 0.15) is 5.58 Å². The number of carbonyl (C=O) groups excluding carboxylic acids is 1. The zero-order valence-electron chi connectivity index (χ0n) is 17.9. The van der Waals surface area contributed by atoms with Crippen LogP contribution in [0, 0.1) is 0 Å². The molecule has 0 spiro atoms. The molecule has 5 rings (SSSR count). The van der Waals surface area contributed by atoms with E-state index in [0.717, 1.165) is 47.9 Å². The fourth-order valence-corrected chi connectivity index (χ4v) is 4.97. The maximum Gasteiger partial charge on any atom is 0.251 e. The average Bonchev–Trinajstić information content (AvgIpc) is 3.29. The van der Waals surface area contributed by atoms with Crippen molar-refractivity contribution in [2.45, 2.75) is 56.5 Å². The largest absolute Gasteiger partial charge is 0.464 e. The lowest BCUT2D eigenvalue weighted by molar-refractivity contribution is -0.0661. The maximum absolute atomic E-state index is 13.4. The van der Waals surface area contributed by atoms with Crippen LogP contribution in [0.1, 0.15) is 48.9 Å². The number of alkyl halides is 2. The maximum atomic E-state index is 13.4. The number of furan rings is 1. The van der Waals surface area contributed by atoms with Gasteiger partial charge in [-0.3, -0.25) is 14.7 Å². The van der Waals surface area contributed by atoms with Crippen LogP contribution in [0.5, 0.6) is 0 Å². The summed E-state index contributed by atoms with van der Waals surface area (Å²) in [4.78, 5) is 19.4. The molecule has 0 atom stereocenters. The van der Waals surface area contributed by atoms with Gasteiger partial charge in [-0.15, -0.1) is 0 Å². The van der Waals surface area contributed by atoms with Gasteiger partial charge in [-0.05, 0) is 49.9 Å². The minimum atomic E-state index is -2.50. The molecule has 32 heavy (non-hydrogen) atoms. The molecule has 1 aliphatic heterocycles. The van der Waals surface area contributed by atoms with Crippen molar-refractivity contribution in [1.29, 1.82) is 0 Å². The van der Waals surface area contributed by atoms with Gasteiger partial charge in [0.05, 0.1) is 12.0 Å². The minimum Gasteiger partial charge on any atom is -0.464 e. The van der Waals surface area contributed by atoms with Crippen LogP contribution < -0.4 is 5.32 Å². The van der Waals surface area contributed by atoms with E-state index in [1.54, 1.807) is 12.5 Å². The first kappa shape index (κ1) is 21.1. The molecule has 1 N–H and O–H groups in total. The molecule has 1 saturated heterocycles. The lowest BCUT2D eigenvalue weighted by atomic mass is 9.88. The van der Waals surface area contributed by atoms with E-state index in [4.69, 9.17) is 4.42 Å². The number of carbonyl (C=O) groups is 1. The Bertz CT molecular complexity index is 1080. The first-order chi connectivity index (χ1) is 15.5. The number of piperidine rings is 1. The quantitative estimate of drug-likeness (QED) is 0.602. The van der Waals surface area contributed by atoms with Crippen LogP contribution in [0.3, 0.4) is 0 Å².